The Morgan fingerprint density at radius 2 is 1.64 bits per heavy atom. The van der Waals surface area contributed by atoms with Gasteiger partial charge in [0.1, 0.15) is 5.54 Å². The molecule has 0 fully saturated rings. The molecule has 2 aromatic rings. The van der Waals surface area contributed by atoms with Crippen LogP contribution in [0.4, 0.5) is 0 Å². The highest BCUT2D eigenvalue weighted by atomic mass is 16.5. The van der Waals surface area contributed by atoms with Gasteiger partial charge in [-0.15, -0.1) is 0 Å². The number of methoxy groups -OCH3 is 1. The second-order valence-corrected chi connectivity index (χ2v) is 6.42. The predicted molar refractivity (Wildman–Crippen MR) is 92.2 cm³/mol. The van der Waals surface area contributed by atoms with Crippen molar-refractivity contribution in [1.29, 1.82) is 0 Å². The molecule has 2 amide bonds. The van der Waals surface area contributed by atoms with Crippen LogP contribution in [-0.2, 0) is 16.0 Å². The van der Waals surface area contributed by atoms with E-state index in [1.165, 1.54) is 7.11 Å². The van der Waals surface area contributed by atoms with Crippen LogP contribution in [0.3, 0.4) is 0 Å². The second kappa shape index (κ2) is 6.16. The highest BCUT2D eigenvalue weighted by Gasteiger charge is 2.51. The molecule has 0 radical (unpaired) electrons. The number of aryl methyl sites for hydroxylation is 1. The monoisotopic (exact) mass is 337 g/mol. The number of carbonyl (C=O) groups excluding carboxylic acids is 3. The molecule has 0 saturated carbocycles. The maximum absolute atomic E-state index is 12.8. The zero-order chi connectivity index (χ0) is 18.2. The number of hydrogen-bond donors (Lipinski definition) is 0. The van der Waals surface area contributed by atoms with Crippen molar-refractivity contribution in [2.24, 2.45) is 0 Å². The summed E-state index contributed by atoms with van der Waals surface area (Å²) < 4.78 is 4.94. The molecule has 0 bridgehead atoms. The van der Waals surface area contributed by atoms with Crippen LogP contribution in [0.15, 0.2) is 48.5 Å². The predicted octanol–water partition coefficient (Wildman–Crippen LogP) is 2.77. The molecule has 25 heavy (non-hydrogen) atoms. The van der Waals surface area contributed by atoms with Crippen molar-refractivity contribution >= 4 is 17.8 Å². The van der Waals surface area contributed by atoms with Crippen LogP contribution < -0.4 is 0 Å². The normalized spacial score (nSPS) is 15.7. The van der Waals surface area contributed by atoms with Crippen LogP contribution in [0, 0.1) is 6.92 Å². The maximum Gasteiger partial charge on any atom is 0.332 e. The molecular weight excluding hydrogens is 318 g/mol. The molecule has 0 spiro atoms. The first-order valence-electron chi connectivity index (χ1n) is 8.00. The number of imide groups is 1. The minimum Gasteiger partial charge on any atom is -0.467 e. The number of carbonyl (C=O) groups is 3. The van der Waals surface area contributed by atoms with Crippen molar-refractivity contribution in [2.75, 3.05) is 7.11 Å². The maximum atomic E-state index is 12.8. The van der Waals surface area contributed by atoms with E-state index in [2.05, 4.69) is 0 Å². The van der Waals surface area contributed by atoms with E-state index >= 15 is 0 Å². The molecule has 1 atom stereocenters. The zero-order valence-corrected chi connectivity index (χ0v) is 14.4. The molecule has 1 aliphatic rings. The van der Waals surface area contributed by atoms with E-state index in [4.69, 9.17) is 4.74 Å². The third-order valence-corrected chi connectivity index (χ3v) is 4.54. The van der Waals surface area contributed by atoms with Gasteiger partial charge in [0, 0.05) is 6.42 Å². The van der Waals surface area contributed by atoms with Gasteiger partial charge in [-0.1, -0.05) is 42.0 Å². The number of amides is 2. The fourth-order valence-corrected chi connectivity index (χ4v) is 3.32. The molecular formula is C20H19NO4. The lowest BCUT2D eigenvalue weighted by molar-refractivity contribution is -0.151. The topological polar surface area (TPSA) is 63.7 Å². The zero-order valence-electron chi connectivity index (χ0n) is 14.4. The number of benzene rings is 2. The molecule has 1 heterocycles. The highest BCUT2D eigenvalue weighted by Crippen LogP contribution is 2.32. The summed E-state index contributed by atoms with van der Waals surface area (Å²) >= 11 is 0. The lowest BCUT2D eigenvalue weighted by atomic mass is 9.90. The van der Waals surface area contributed by atoms with Gasteiger partial charge >= 0.3 is 5.97 Å². The Hall–Kier alpha value is -2.95. The summed E-state index contributed by atoms with van der Waals surface area (Å²) in [6.45, 7) is 3.52. The quantitative estimate of drug-likeness (QED) is 0.636. The summed E-state index contributed by atoms with van der Waals surface area (Å²) in [5.74, 6) is -1.56. The lowest BCUT2D eigenvalue weighted by Crippen LogP contribution is -2.57. The summed E-state index contributed by atoms with van der Waals surface area (Å²) in [5, 5.41) is 0. The van der Waals surface area contributed by atoms with E-state index in [1.54, 1.807) is 31.2 Å². The van der Waals surface area contributed by atoms with Gasteiger partial charge in [0.05, 0.1) is 18.2 Å². The van der Waals surface area contributed by atoms with Crippen LogP contribution in [-0.4, -0.2) is 35.3 Å². The van der Waals surface area contributed by atoms with Crippen LogP contribution in [0.5, 0.6) is 0 Å². The average molecular weight is 337 g/mol. The number of esters is 1. The molecule has 0 N–H and O–H groups in total. The van der Waals surface area contributed by atoms with Crippen molar-refractivity contribution in [2.45, 2.75) is 25.8 Å². The van der Waals surface area contributed by atoms with Gasteiger partial charge < -0.3 is 4.74 Å². The Morgan fingerprint density at radius 1 is 1.04 bits per heavy atom. The van der Waals surface area contributed by atoms with E-state index < -0.39 is 23.3 Å². The average Bonchev–Trinajstić information content (AvgIpc) is 2.86. The molecule has 2 aromatic carbocycles. The fourth-order valence-electron chi connectivity index (χ4n) is 3.32. The van der Waals surface area contributed by atoms with Gasteiger partial charge in [-0.2, -0.15) is 0 Å². The Kier molecular flexibility index (Phi) is 4.17. The van der Waals surface area contributed by atoms with Crippen molar-refractivity contribution in [3.05, 3.63) is 70.8 Å². The van der Waals surface area contributed by atoms with Gasteiger partial charge in [0.25, 0.3) is 11.8 Å². The second-order valence-electron chi connectivity index (χ2n) is 6.42. The number of ether oxygens (including phenoxy) is 1. The fraction of sp³-hybridized carbons (Fsp3) is 0.250. The molecule has 5 heteroatoms. The largest absolute Gasteiger partial charge is 0.467 e. The minimum absolute atomic E-state index is 0.187. The van der Waals surface area contributed by atoms with Gasteiger partial charge in [-0.3, -0.25) is 14.5 Å². The molecule has 0 aliphatic carbocycles. The lowest BCUT2D eigenvalue weighted by Gasteiger charge is -2.34. The van der Waals surface area contributed by atoms with E-state index in [9.17, 15) is 14.4 Å². The van der Waals surface area contributed by atoms with E-state index in [-0.39, 0.29) is 6.42 Å². The van der Waals surface area contributed by atoms with Crippen molar-refractivity contribution in [3.8, 4) is 0 Å². The minimum atomic E-state index is -1.42. The SMILES string of the molecule is COC(=O)[C@](C)(Cc1cccc(C)c1)N1C(=O)c2ccccc2C1=O. The third kappa shape index (κ3) is 2.71. The summed E-state index contributed by atoms with van der Waals surface area (Å²) in [7, 11) is 1.26. The first kappa shape index (κ1) is 16.9. The number of hydrogen-bond acceptors (Lipinski definition) is 4. The third-order valence-electron chi connectivity index (χ3n) is 4.54. The molecule has 5 nitrogen and oxygen atoms in total. The van der Waals surface area contributed by atoms with E-state index in [0.717, 1.165) is 16.0 Å². The summed E-state index contributed by atoms with van der Waals surface area (Å²) in [6, 6.07) is 14.2. The molecule has 0 saturated heterocycles. The van der Waals surface area contributed by atoms with Gasteiger partial charge in [-0.25, -0.2) is 4.79 Å². The van der Waals surface area contributed by atoms with Gasteiger partial charge in [0.15, 0.2) is 0 Å². The van der Waals surface area contributed by atoms with Gasteiger partial charge in [0.2, 0.25) is 0 Å². The van der Waals surface area contributed by atoms with Crippen LogP contribution in [0.25, 0.3) is 0 Å². The summed E-state index contributed by atoms with van der Waals surface area (Å²) in [4.78, 5) is 39.3. The Labute approximate surface area is 146 Å². The van der Waals surface area contributed by atoms with E-state index in [1.807, 2.05) is 31.2 Å². The Morgan fingerprint density at radius 3 is 2.16 bits per heavy atom. The first-order valence-corrected chi connectivity index (χ1v) is 8.00. The van der Waals surface area contributed by atoms with E-state index in [0.29, 0.717) is 11.1 Å². The molecule has 0 unspecified atom stereocenters. The molecule has 1 aliphatic heterocycles. The van der Waals surface area contributed by atoms with Gasteiger partial charge in [-0.05, 0) is 31.5 Å². The molecule has 0 aromatic heterocycles. The Bertz CT molecular complexity index is 839. The smallest absolute Gasteiger partial charge is 0.332 e. The standard InChI is InChI=1S/C20H19NO4/c1-13-7-6-8-14(11-13)12-20(2,19(24)25-3)21-17(22)15-9-4-5-10-16(15)18(21)23/h4-11H,12H2,1-3H3/t20-/m0/s1. The molecule has 3 rings (SSSR count). The van der Waals surface area contributed by atoms with Crippen molar-refractivity contribution in [3.63, 3.8) is 0 Å². The number of rotatable bonds is 4. The van der Waals surface area contributed by atoms with Crippen LogP contribution in [0.1, 0.15) is 38.8 Å². The first-order chi connectivity index (χ1) is 11.9. The highest BCUT2D eigenvalue weighted by molar-refractivity contribution is 6.23. The van der Waals surface area contributed by atoms with Crippen LogP contribution >= 0.6 is 0 Å². The van der Waals surface area contributed by atoms with Crippen molar-refractivity contribution in [1.82, 2.24) is 4.90 Å². The van der Waals surface area contributed by atoms with Crippen LogP contribution in [0.2, 0.25) is 0 Å². The van der Waals surface area contributed by atoms with Crippen molar-refractivity contribution < 1.29 is 19.1 Å². The Balaban J connectivity index is 2.06. The number of fused-ring (bicyclic) bond motifs is 1. The summed E-state index contributed by atoms with van der Waals surface area (Å²) in [6.07, 6.45) is 0.187. The molecule has 128 valence electrons. The summed E-state index contributed by atoms with van der Waals surface area (Å²) in [5.41, 5.74) is 1.09. The number of nitrogens with zero attached hydrogens (tertiary/aromatic N) is 1.